The normalized spacial score (nSPS) is 19.6. The molecule has 1 aromatic rings. The molecule has 0 aromatic carbocycles. The number of hydrogen-bond acceptors (Lipinski definition) is 4. The first-order valence-electron chi connectivity index (χ1n) is 8.36. The van der Waals surface area contributed by atoms with E-state index in [4.69, 9.17) is 0 Å². The third kappa shape index (κ3) is 4.78. The SMILES string of the molecule is CC(C)c1nc(CN(C)C(=O)CC[C@H]2CCCCN2C)cs1. The number of aromatic nitrogens is 1. The predicted molar refractivity (Wildman–Crippen MR) is 92.2 cm³/mol. The molecule has 0 unspecified atom stereocenters. The van der Waals surface area contributed by atoms with Gasteiger partial charge < -0.3 is 9.80 Å². The van der Waals surface area contributed by atoms with Gasteiger partial charge in [0.1, 0.15) is 0 Å². The minimum Gasteiger partial charge on any atom is -0.340 e. The summed E-state index contributed by atoms with van der Waals surface area (Å²) in [5.74, 6) is 0.694. The molecule has 1 aliphatic heterocycles. The van der Waals surface area contributed by atoms with Crippen LogP contribution in [0.15, 0.2) is 5.38 Å². The Morgan fingerprint density at radius 2 is 2.27 bits per heavy atom. The van der Waals surface area contributed by atoms with E-state index in [1.165, 1.54) is 25.8 Å². The Hall–Kier alpha value is -0.940. The summed E-state index contributed by atoms with van der Waals surface area (Å²) in [5.41, 5.74) is 1.01. The first-order chi connectivity index (χ1) is 10.5. The molecule has 4 nitrogen and oxygen atoms in total. The fraction of sp³-hybridized carbons (Fsp3) is 0.765. The van der Waals surface area contributed by atoms with Crippen molar-refractivity contribution in [3.63, 3.8) is 0 Å². The molecule has 0 radical (unpaired) electrons. The van der Waals surface area contributed by atoms with Crippen LogP contribution in [-0.2, 0) is 11.3 Å². The second-order valence-electron chi connectivity index (χ2n) is 6.75. The molecule has 1 saturated heterocycles. The summed E-state index contributed by atoms with van der Waals surface area (Å²) in [6, 6.07) is 0.581. The molecule has 1 amide bonds. The summed E-state index contributed by atoms with van der Waals surface area (Å²) in [6.45, 7) is 6.10. The standard InChI is InChI=1S/C17H29N3OS/c1-13(2)17-18-14(12-22-17)11-20(4)16(21)9-8-15-7-5-6-10-19(15)3/h12-13,15H,5-11H2,1-4H3/t15-/m1/s1. The number of likely N-dealkylation sites (tertiary alicyclic amines) is 1. The highest BCUT2D eigenvalue weighted by molar-refractivity contribution is 7.09. The number of piperidine rings is 1. The van der Waals surface area contributed by atoms with Gasteiger partial charge in [-0.15, -0.1) is 11.3 Å². The zero-order valence-corrected chi connectivity index (χ0v) is 15.2. The molecule has 22 heavy (non-hydrogen) atoms. The van der Waals surface area contributed by atoms with Crippen molar-refractivity contribution in [1.82, 2.24) is 14.8 Å². The molecule has 0 saturated carbocycles. The Morgan fingerprint density at radius 3 is 2.91 bits per heavy atom. The molecule has 124 valence electrons. The summed E-state index contributed by atoms with van der Waals surface area (Å²) in [7, 11) is 4.07. The Balaban J connectivity index is 1.78. The van der Waals surface area contributed by atoms with E-state index in [-0.39, 0.29) is 5.91 Å². The van der Waals surface area contributed by atoms with Gasteiger partial charge in [0.25, 0.3) is 0 Å². The van der Waals surface area contributed by atoms with Crippen LogP contribution >= 0.6 is 11.3 Å². The second-order valence-corrected chi connectivity index (χ2v) is 7.64. The maximum Gasteiger partial charge on any atom is 0.222 e. The zero-order valence-electron chi connectivity index (χ0n) is 14.3. The molecule has 1 aromatic heterocycles. The molecule has 2 heterocycles. The topological polar surface area (TPSA) is 36.4 Å². The van der Waals surface area contributed by atoms with E-state index >= 15 is 0 Å². The first-order valence-corrected chi connectivity index (χ1v) is 9.24. The van der Waals surface area contributed by atoms with Crippen molar-refractivity contribution in [3.8, 4) is 0 Å². The van der Waals surface area contributed by atoms with Crippen molar-refractivity contribution in [2.24, 2.45) is 0 Å². The largest absolute Gasteiger partial charge is 0.340 e. The van der Waals surface area contributed by atoms with Crippen LogP contribution in [0.1, 0.15) is 62.6 Å². The smallest absolute Gasteiger partial charge is 0.222 e. The van der Waals surface area contributed by atoms with Gasteiger partial charge in [0.15, 0.2) is 0 Å². The number of amides is 1. The first kappa shape index (κ1) is 17.4. The van der Waals surface area contributed by atoms with Crippen LogP contribution in [-0.4, -0.2) is 47.4 Å². The van der Waals surface area contributed by atoms with E-state index in [2.05, 4.69) is 36.2 Å². The van der Waals surface area contributed by atoms with E-state index in [0.29, 0.717) is 24.9 Å². The predicted octanol–water partition coefficient (Wildman–Crippen LogP) is 3.49. The van der Waals surface area contributed by atoms with Crippen molar-refractivity contribution in [2.45, 2.75) is 64.5 Å². The van der Waals surface area contributed by atoms with E-state index in [1.54, 1.807) is 11.3 Å². The van der Waals surface area contributed by atoms with Gasteiger partial charge in [-0.05, 0) is 32.9 Å². The fourth-order valence-corrected chi connectivity index (χ4v) is 3.81. The highest BCUT2D eigenvalue weighted by Gasteiger charge is 2.20. The number of carbonyl (C=O) groups excluding carboxylic acids is 1. The third-order valence-electron chi connectivity index (χ3n) is 4.50. The number of rotatable bonds is 6. The van der Waals surface area contributed by atoms with Crippen LogP contribution in [0.3, 0.4) is 0 Å². The Bertz CT molecular complexity index is 486. The molecule has 0 spiro atoms. The molecular formula is C17H29N3OS. The number of hydrogen-bond donors (Lipinski definition) is 0. The second kappa shape index (κ2) is 8.06. The summed E-state index contributed by atoms with van der Waals surface area (Å²) in [5, 5.41) is 3.23. The van der Waals surface area contributed by atoms with Gasteiger partial charge in [-0.1, -0.05) is 20.3 Å². The average Bonchev–Trinajstić information content (AvgIpc) is 2.94. The summed E-state index contributed by atoms with van der Waals surface area (Å²) >= 11 is 1.69. The zero-order chi connectivity index (χ0) is 16.1. The third-order valence-corrected chi connectivity index (χ3v) is 5.70. The Labute approximate surface area is 138 Å². The van der Waals surface area contributed by atoms with Gasteiger partial charge in [-0.25, -0.2) is 4.98 Å². The van der Waals surface area contributed by atoms with E-state index in [9.17, 15) is 4.79 Å². The van der Waals surface area contributed by atoms with Crippen LogP contribution in [0, 0.1) is 0 Å². The van der Waals surface area contributed by atoms with Crippen LogP contribution in [0.25, 0.3) is 0 Å². The maximum absolute atomic E-state index is 12.3. The highest BCUT2D eigenvalue weighted by atomic mass is 32.1. The Morgan fingerprint density at radius 1 is 1.50 bits per heavy atom. The van der Waals surface area contributed by atoms with Gasteiger partial charge in [-0.2, -0.15) is 0 Å². The van der Waals surface area contributed by atoms with Crippen molar-refractivity contribution in [1.29, 1.82) is 0 Å². The number of thiazole rings is 1. The molecule has 0 aliphatic carbocycles. The van der Waals surface area contributed by atoms with Crippen molar-refractivity contribution in [2.75, 3.05) is 20.6 Å². The molecule has 2 rings (SSSR count). The lowest BCUT2D eigenvalue weighted by atomic mass is 9.98. The van der Waals surface area contributed by atoms with Gasteiger partial charge >= 0.3 is 0 Å². The van der Waals surface area contributed by atoms with Crippen molar-refractivity contribution in [3.05, 3.63) is 16.1 Å². The van der Waals surface area contributed by atoms with Crippen molar-refractivity contribution >= 4 is 17.2 Å². The van der Waals surface area contributed by atoms with Crippen molar-refractivity contribution < 1.29 is 4.79 Å². The van der Waals surface area contributed by atoms with E-state index in [0.717, 1.165) is 17.1 Å². The average molecular weight is 324 g/mol. The molecule has 1 aliphatic rings. The molecule has 1 atom stereocenters. The Kier molecular flexibility index (Phi) is 6.38. The quantitative estimate of drug-likeness (QED) is 0.804. The number of carbonyl (C=O) groups is 1. The van der Waals surface area contributed by atoms with Crippen LogP contribution in [0.5, 0.6) is 0 Å². The van der Waals surface area contributed by atoms with Crippen LogP contribution in [0.2, 0.25) is 0 Å². The summed E-state index contributed by atoms with van der Waals surface area (Å²) < 4.78 is 0. The molecule has 5 heteroatoms. The van der Waals surface area contributed by atoms with E-state index in [1.807, 2.05) is 11.9 Å². The minimum atomic E-state index is 0.234. The van der Waals surface area contributed by atoms with E-state index < -0.39 is 0 Å². The lowest BCUT2D eigenvalue weighted by molar-refractivity contribution is -0.130. The summed E-state index contributed by atoms with van der Waals surface area (Å²) in [6.07, 6.45) is 5.46. The lowest BCUT2D eigenvalue weighted by Crippen LogP contribution is -2.37. The molecule has 0 bridgehead atoms. The van der Waals surface area contributed by atoms with Gasteiger partial charge in [0.2, 0.25) is 5.91 Å². The fourth-order valence-electron chi connectivity index (χ4n) is 2.98. The monoisotopic (exact) mass is 323 g/mol. The van der Waals surface area contributed by atoms with Gasteiger partial charge in [0.05, 0.1) is 17.2 Å². The summed E-state index contributed by atoms with van der Waals surface area (Å²) in [4.78, 5) is 21.2. The van der Waals surface area contributed by atoms with Gasteiger partial charge in [-0.3, -0.25) is 4.79 Å². The van der Waals surface area contributed by atoms with Crippen LogP contribution in [0.4, 0.5) is 0 Å². The maximum atomic E-state index is 12.3. The molecule has 0 N–H and O–H groups in total. The molecular weight excluding hydrogens is 294 g/mol. The van der Waals surface area contributed by atoms with Gasteiger partial charge in [0, 0.05) is 30.8 Å². The minimum absolute atomic E-state index is 0.234. The lowest BCUT2D eigenvalue weighted by Gasteiger charge is -2.32. The van der Waals surface area contributed by atoms with Crippen LogP contribution < -0.4 is 0 Å². The molecule has 1 fully saturated rings. The highest BCUT2D eigenvalue weighted by Crippen LogP contribution is 2.21. The number of nitrogens with zero attached hydrogens (tertiary/aromatic N) is 3.